The maximum atomic E-state index is 12.6. The quantitative estimate of drug-likeness (QED) is 0.813. The van der Waals surface area contributed by atoms with Gasteiger partial charge in [-0.3, -0.25) is 9.78 Å². The Kier molecular flexibility index (Phi) is 8.03. The van der Waals surface area contributed by atoms with Crippen molar-refractivity contribution >= 4 is 11.5 Å². The number of carbonyl (C=O) groups is 1. The summed E-state index contributed by atoms with van der Waals surface area (Å²) < 4.78 is 6.15. The minimum atomic E-state index is -0.0230. The predicted octanol–water partition coefficient (Wildman–Crippen LogP) is 4.46. The molecule has 30 heavy (non-hydrogen) atoms. The number of ether oxygens (including phenoxy) is 1. The first kappa shape index (κ1) is 22.0. The predicted molar refractivity (Wildman–Crippen MR) is 122 cm³/mol. The van der Waals surface area contributed by atoms with Crippen molar-refractivity contribution in [1.29, 1.82) is 0 Å². The largest absolute Gasteiger partial charge is 0.493 e. The Hall–Kier alpha value is -2.66. The topological polar surface area (TPSA) is 54.5 Å². The van der Waals surface area contributed by atoms with E-state index in [4.69, 9.17) is 4.74 Å². The van der Waals surface area contributed by atoms with Crippen LogP contribution >= 0.6 is 0 Å². The highest BCUT2D eigenvalue weighted by atomic mass is 16.5. The Morgan fingerprint density at radius 1 is 1.13 bits per heavy atom. The van der Waals surface area contributed by atoms with Gasteiger partial charge in [0.1, 0.15) is 11.4 Å². The van der Waals surface area contributed by atoms with E-state index in [1.165, 1.54) is 5.56 Å². The summed E-state index contributed by atoms with van der Waals surface area (Å²) in [6.45, 7) is 10.1. The number of nitrogens with zero attached hydrogens (tertiary/aromatic N) is 2. The molecule has 0 spiro atoms. The number of benzene rings is 1. The summed E-state index contributed by atoms with van der Waals surface area (Å²) in [4.78, 5) is 18.9. The molecule has 1 aliphatic rings. The number of nitrogens with one attached hydrogen (secondary N) is 1. The van der Waals surface area contributed by atoms with Gasteiger partial charge in [-0.15, -0.1) is 0 Å². The van der Waals surface area contributed by atoms with E-state index in [2.05, 4.69) is 29.4 Å². The first-order valence-electron chi connectivity index (χ1n) is 11.0. The number of aromatic nitrogens is 1. The lowest BCUT2D eigenvalue weighted by atomic mass is 9.93. The molecular weight excluding hydrogens is 374 g/mol. The third-order valence-electron chi connectivity index (χ3n) is 5.51. The lowest BCUT2D eigenvalue weighted by Gasteiger charge is -2.19. The maximum Gasteiger partial charge on any atom is 0.272 e. The molecule has 1 N–H and O–H groups in total. The van der Waals surface area contributed by atoms with E-state index in [-0.39, 0.29) is 5.91 Å². The first-order valence-corrected chi connectivity index (χ1v) is 11.0. The third-order valence-corrected chi connectivity index (χ3v) is 5.51. The molecule has 5 heteroatoms. The van der Waals surface area contributed by atoms with Gasteiger partial charge in [-0.2, -0.15) is 0 Å². The molecule has 0 unspecified atom stereocenters. The SMILES string of the molecule is CCN(CC)C(=O)c1ccc(/C2=C/CCCNCCCOc3cccc(C)c32)cn1. The third kappa shape index (κ3) is 5.28. The first-order chi connectivity index (χ1) is 14.7. The van der Waals surface area contributed by atoms with E-state index < -0.39 is 0 Å². The molecule has 0 fully saturated rings. The summed E-state index contributed by atoms with van der Waals surface area (Å²) in [7, 11) is 0. The number of fused-ring (bicyclic) bond motifs is 1. The smallest absolute Gasteiger partial charge is 0.272 e. The van der Waals surface area contributed by atoms with Crippen LogP contribution in [-0.2, 0) is 0 Å². The number of carbonyl (C=O) groups excluding carboxylic acids is 1. The highest BCUT2D eigenvalue weighted by Crippen LogP contribution is 2.34. The van der Waals surface area contributed by atoms with Crippen molar-refractivity contribution in [3.8, 4) is 5.75 Å². The molecule has 160 valence electrons. The molecule has 2 heterocycles. The van der Waals surface area contributed by atoms with Crippen LogP contribution in [0, 0.1) is 6.92 Å². The van der Waals surface area contributed by atoms with Gasteiger partial charge in [0.15, 0.2) is 0 Å². The van der Waals surface area contributed by atoms with E-state index in [0.29, 0.717) is 25.4 Å². The molecule has 0 saturated carbocycles. The van der Waals surface area contributed by atoms with Gasteiger partial charge in [0.25, 0.3) is 5.91 Å². The molecule has 0 aliphatic carbocycles. The number of amides is 1. The lowest BCUT2D eigenvalue weighted by Crippen LogP contribution is -2.31. The Labute approximate surface area is 180 Å². The number of aryl methyl sites for hydroxylation is 1. The highest BCUT2D eigenvalue weighted by Gasteiger charge is 2.17. The van der Waals surface area contributed by atoms with Gasteiger partial charge < -0.3 is 15.0 Å². The molecule has 0 bridgehead atoms. The van der Waals surface area contributed by atoms with Crippen LogP contribution in [0.25, 0.3) is 5.57 Å². The van der Waals surface area contributed by atoms with Gasteiger partial charge in [-0.1, -0.05) is 24.3 Å². The molecule has 3 rings (SSSR count). The summed E-state index contributed by atoms with van der Waals surface area (Å²) in [6.07, 6.45) is 7.13. The van der Waals surface area contributed by atoms with Crippen molar-refractivity contribution in [1.82, 2.24) is 15.2 Å². The molecular formula is C25H33N3O2. The van der Waals surface area contributed by atoms with Gasteiger partial charge in [0.2, 0.25) is 0 Å². The number of allylic oxidation sites excluding steroid dienone is 1. The molecule has 5 nitrogen and oxygen atoms in total. The average molecular weight is 408 g/mol. The van der Waals surface area contributed by atoms with E-state index in [0.717, 1.165) is 54.8 Å². The van der Waals surface area contributed by atoms with E-state index in [1.54, 1.807) is 4.90 Å². The van der Waals surface area contributed by atoms with Crippen LogP contribution in [-0.4, -0.2) is 48.6 Å². The van der Waals surface area contributed by atoms with Gasteiger partial charge >= 0.3 is 0 Å². The Balaban J connectivity index is 1.98. The molecule has 2 aromatic rings. The molecule has 1 aromatic heterocycles. The monoisotopic (exact) mass is 407 g/mol. The van der Waals surface area contributed by atoms with E-state index in [9.17, 15) is 4.79 Å². The van der Waals surface area contributed by atoms with Crippen molar-refractivity contribution in [3.05, 3.63) is 65.0 Å². The lowest BCUT2D eigenvalue weighted by molar-refractivity contribution is 0.0767. The standard InChI is InChI=1S/C25H33N3O2/c1-4-28(5-2)25(29)22-14-13-20(18-27-22)21-11-6-7-15-26-16-9-17-30-23-12-8-10-19(3)24(21)23/h8,10-14,18,26H,4-7,9,15-17H2,1-3H3/b21-11-. The number of hydrogen-bond acceptors (Lipinski definition) is 4. The minimum absolute atomic E-state index is 0.0230. The number of rotatable bonds is 4. The zero-order valence-electron chi connectivity index (χ0n) is 18.4. The fourth-order valence-electron chi connectivity index (χ4n) is 3.80. The fraction of sp³-hybridized carbons (Fsp3) is 0.440. The highest BCUT2D eigenvalue weighted by molar-refractivity contribution is 5.93. The van der Waals surface area contributed by atoms with Crippen LogP contribution in [0.1, 0.15) is 60.3 Å². The molecule has 0 saturated heterocycles. The van der Waals surface area contributed by atoms with Crippen molar-refractivity contribution in [2.75, 3.05) is 32.8 Å². The van der Waals surface area contributed by atoms with Gasteiger partial charge in [-0.25, -0.2) is 0 Å². The van der Waals surface area contributed by atoms with E-state index in [1.807, 2.05) is 44.3 Å². The zero-order valence-corrected chi connectivity index (χ0v) is 18.4. The molecule has 1 aliphatic heterocycles. The van der Waals surface area contributed by atoms with Crippen molar-refractivity contribution in [3.63, 3.8) is 0 Å². The number of hydrogen-bond donors (Lipinski definition) is 1. The second-order valence-electron chi connectivity index (χ2n) is 7.57. The minimum Gasteiger partial charge on any atom is -0.493 e. The molecule has 0 atom stereocenters. The summed E-state index contributed by atoms with van der Waals surface area (Å²) in [5.74, 6) is 0.885. The number of pyridine rings is 1. The van der Waals surface area contributed by atoms with Gasteiger partial charge in [-0.05, 0) is 76.4 Å². The fourth-order valence-corrected chi connectivity index (χ4v) is 3.80. The van der Waals surface area contributed by atoms with Crippen LogP contribution in [0.5, 0.6) is 5.75 Å². The van der Waals surface area contributed by atoms with Gasteiger partial charge in [0, 0.05) is 30.4 Å². The second kappa shape index (κ2) is 10.9. The van der Waals surface area contributed by atoms with Crippen molar-refractivity contribution < 1.29 is 9.53 Å². The summed E-state index contributed by atoms with van der Waals surface area (Å²) in [5.41, 5.74) is 4.92. The summed E-state index contributed by atoms with van der Waals surface area (Å²) >= 11 is 0. The summed E-state index contributed by atoms with van der Waals surface area (Å²) in [5, 5.41) is 3.47. The second-order valence-corrected chi connectivity index (χ2v) is 7.57. The van der Waals surface area contributed by atoms with Crippen molar-refractivity contribution in [2.24, 2.45) is 0 Å². The van der Waals surface area contributed by atoms with Gasteiger partial charge in [0.05, 0.1) is 6.61 Å². The Bertz CT molecular complexity index is 870. The van der Waals surface area contributed by atoms with E-state index >= 15 is 0 Å². The average Bonchev–Trinajstić information content (AvgIpc) is 2.76. The Morgan fingerprint density at radius 2 is 1.93 bits per heavy atom. The van der Waals surface area contributed by atoms with Crippen LogP contribution < -0.4 is 10.1 Å². The Morgan fingerprint density at radius 3 is 2.67 bits per heavy atom. The van der Waals surface area contributed by atoms with Crippen LogP contribution in [0.3, 0.4) is 0 Å². The van der Waals surface area contributed by atoms with Crippen molar-refractivity contribution in [2.45, 2.75) is 40.0 Å². The van der Waals surface area contributed by atoms with Crippen LogP contribution in [0.2, 0.25) is 0 Å². The molecule has 0 radical (unpaired) electrons. The molecule has 1 amide bonds. The maximum absolute atomic E-state index is 12.6. The summed E-state index contributed by atoms with van der Waals surface area (Å²) in [6, 6.07) is 10.1. The normalized spacial score (nSPS) is 16.8. The van der Waals surface area contributed by atoms with Crippen LogP contribution in [0.4, 0.5) is 0 Å². The zero-order chi connectivity index (χ0) is 21.3. The molecule has 1 aromatic carbocycles. The van der Waals surface area contributed by atoms with Crippen LogP contribution in [0.15, 0.2) is 42.6 Å².